The molecule has 0 saturated carbocycles. The summed E-state index contributed by atoms with van der Waals surface area (Å²) in [5, 5.41) is 6.98. The van der Waals surface area contributed by atoms with E-state index in [2.05, 4.69) is 10.6 Å². The van der Waals surface area contributed by atoms with Crippen LogP contribution < -0.4 is 10.6 Å². The first-order valence-corrected chi connectivity index (χ1v) is 7.07. The molecule has 17 heavy (non-hydrogen) atoms. The lowest BCUT2D eigenvalue weighted by Crippen LogP contribution is -2.37. The summed E-state index contributed by atoms with van der Waals surface area (Å²) in [7, 11) is 1.70. The molecule has 1 rings (SSSR count). The van der Waals surface area contributed by atoms with Gasteiger partial charge in [-0.25, -0.2) is 0 Å². The van der Waals surface area contributed by atoms with Gasteiger partial charge in [-0.3, -0.25) is 0 Å². The van der Waals surface area contributed by atoms with E-state index in [-0.39, 0.29) is 0 Å². The van der Waals surface area contributed by atoms with Gasteiger partial charge in [0.2, 0.25) is 0 Å². The Morgan fingerprint density at radius 1 is 1.41 bits per heavy atom. The topological polar surface area (TPSA) is 33.3 Å². The third kappa shape index (κ3) is 6.83. The van der Waals surface area contributed by atoms with Gasteiger partial charge < -0.3 is 15.4 Å². The van der Waals surface area contributed by atoms with Crippen LogP contribution in [-0.2, 0) is 11.2 Å². The lowest BCUT2D eigenvalue weighted by atomic mass is 10.3. The van der Waals surface area contributed by atoms with Gasteiger partial charge in [0.25, 0.3) is 0 Å². The van der Waals surface area contributed by atoms with Gasteiger partial charge in [-0.15, -0.1) is 11.3 Å². The maximum Gasteiger partial charge on any atom is 0.166 e. The molecule has 0 bridgehead atoms. The highest BCUT2D eigenvalue weighted by atomic mass is 35.5. The number of ether oxygens (including phenoxy) is 1. The van der Waals surface area contributed by atoms with Gasteiger partial charge in [0.15, 0.2) is 5.11 Å². The molecule has 0 spiro atoms. The van der Waals surface area contributed by atoms with Gasteiger partial charge >= 0.3 is 0 Å². The lowest BCUT2D eigenvalue weighted by molar-refractivity contribution is 0.195. The molecule has 0 fully saturated rings. The number of methoxy groups -OCH3 is 1. The summed E-state index contributed by atoms with van der Waals surface area (Å²) < 4.78 is 5.78. The number of thiophene rings is 1. The number of thiocarbonyl (C=S) groups is 1. The van der Waals surface area contributed by atoms with Crippen LogP contribution in [0.2, 0.25) is 4.34 Å². The monoisotopic (exact) mass is 292 g/mol. The van der Waals surface area contributed by atoms with E-state index in [9.17, 15) is 0 Å². The van der Waals surface area contributed by atoms with E-state index in [0.29, 0.717) is 5.11 Å². The first-order valence-electron chi connectivity index (χ1n) is 5.47. The Morgan fingerprint density at radius 2 is 2.18 bits per heavy atom. The minimum atomic E-state index is 0.698. The summed E-state index contributed by atoms with van der Waals surface area (Å²) in [6, 6.07) is 3.96. The van der Waals surface area contributed by atoms with Crippen LogP contribution in [0.4, 0.5) is 0 Å². The largest absolute Gasteiger partial charge is 0.385 e. The fourth-order valence-corrected chi connectivity index (χ4v) is 2.56. The van der Waals surface area contributed by atoms with Gasteiger partial charge in [0, 0.05) is 31.7 Å². The first-order chi connectivity index (χ1) is 8.22. The van der Waals surface area contributed by atoms with E-state index in [0.717, 1.165) is 36.9 Å². The molecule has 1 aromatic heterocycles. The maximum absolute atomic E-state index is 5.85. The second-order valence-corrected chi connectivity index (χ2v) is 5.69. The Bertz CT molecular complexity index is 344. The minimum Gasteiger partial charge on any atom is -0.385 e. The van der Waals surface area contributed by atoms with Crippen LogP contribution in [0, 0.1) is 0 Å². The minimum absolute atomic E-state index is 0.698. The first kappa shape index (κ1) is 14.7. The quantitative estimate of drug-likeness (QED) is 0.597. The van der Waals surface area contributed by atoms with Crippen LogP contribution in [0.1, 0.15) is 11.3 Å². The molecule has 0 radical (unpaired) electrons. The number of rotatable bonds is 7. The Labute approximate surface area is 117 Å². The Balaban J connectivity index is 2.04. The van der Waals surface area contributed by atoms with Crippen LogP contribution in [-0.4, -0.2) is 31.9 Å². The molecule has 0 aliphatic heterocycles. The van der Waals surface area contributed by atoms with Crippen LogP contribution in [0.3, 0.4) is 0 Å². The van der Waals surface area contributed by atoms with Crippen molar-refractivity contribution >= 4 is 40.3 Å². The molecule has 0 atom stereocenters. The summed E-state index contributed by atoms with van der Waals surface area (Å²) in [5.74, 6) is 0. The summed E-state index contributed by atoms with van der Waals surface area (Å²) >= 11 is 12.6. The standard InChI is InChI=1S/C11H17ClN2OS2/c1-15-8-2-6-13-11(16)14-7-5-9-3-4-10(12)17-9/h3-4H,2,5-8H2,1H3,(H2,13,14,16). The average Bonchev–Trinajstić information content (AvgIpc) is 2.71. The molecule has 0 amide bonds. The summed E-state index contributed by atoms with van der Waals surface area (Å²) in [6.07, 6.45) is 1.90. The van der Waals surface area contributed by atoms with E-state index >= 15 is 0 Å². The van der Waals surface area contributed by atoms with Crippen molar-refractivity contribution in [3.63, 3.8) is 0 Å². The van der Waals surface area contributed by atoms with E-state index in [4.69, 9.17) is 28.6 Å². The SMILES string of the molecule is COCCCNC(=S)NCCc1ccc(Cl)s1. The second-order valence-electron chi connectivity index (χ2n) is 3.48. The van der Waals surface area contributed by atoms with Crippen molar-refractivity contribution in [2.24, 2.45) is 0 Å². The number of hydrogen-bond acceptors (Lipinski definition) is 3. The molecule has 0 aliphatic rings. The number of halogens is 1. The Hall–Kier alpha value is -0.360. The van der Waals surface area contributed by atoms with Gasteiger partial charge in [0.1, 0.15) is 0 Å². The van der Waals surface area contributed by atoms with Gasteiger partial charge in [-0.2, -0.15) is 0 Å². The lowest BCUT2D eigenvalue weighted by Gasteiger charge is -2.09. The van der Waals surface area contributed by atoms with Crippen LogP contribution in [0.15, 0.2) is 12.1 Å². The second kappa shape index (κ2) is 8.69. The van der Waals surface area contributed by atoms with Crippen LogP contribution in [0.25, 0.3) is 0 Å². The average molecular weight is 293 g/mol. The van der Waals surface area contributed by atoms with E-state index < -0.39 is 0 Å². The normalized spacial score (nSPS) is 10.2. The maximum atomic E-state index is 5.85. The molecule has 0 unspecified atom stereocenters. The molecule has 0 saturated heterocycles. The van der Waals surface area contributed by atoms with E-state index in [1.807, 2.05) is 12.1 Å². The molecule has 6 heteroatoms. The molecule has 2 N–H and O–H groups in total. The highest BCUT2D eigenvalue weighted by Crippen LogP contribution is 2.21. The zero-order valence-electron chi connectivity index (χ0n) is 9.79. The summed E-state index contributed by atoms with van der Waals surface area (Å²) in [5.41, 5.74) is 0. The van der Waals surface area contributed by atoms with Crippen LogP contribution in [0.5, 0.6) is 0 Å². The molecule has 0 aromatic carbocycles. The van der Waals surface area contributed by atoms with Crippen molar-refractivity contribution in [1.29, 1.82) is 0 Å². The Kier molecular flexibility index (Phi) is 7.51. The van der Waals surface area contributed by atoms with Crippen molar-refractivity contribution in [1.82, 2.24) is 10.6 Å². The molecule has 96 valence electrons. The predicted molar refractivity (Wildman–Crippen MR) is 78.1 cm³/mol. The molecule has 1 aromatic rings. The van der Waals surface area contributed by atoms with Gasteiger partial charge in [-0.05, 0) is 37.2 Å². The fraction of sp³-hybridized carbons (Fsp3) is 0.545. The third-order valence-electron chi connectivity index (χ3n) is 2.10. The smallest absolute Gasteiger partial charge is 0.166 e. The van der Waals surface area contributed by atoms with Gasteiger partial charge in [-0.1, -0.05) is 11.6 Å². The van der Waals surface area contributed by atoms with E-state index in [1.165, 1.54) is 4.88 Å². The van der Waals surface area contributed by atoms with Crippen molar-refractivity contribution in [2.75, 3.05) is 26.8 Å². The van der Waals surface area contributed by atoms with E-state index in [1.54, 1.807) is 18.4 Å². The number of hydrogen-bond donors (Lipinski definition) is 2. The highest BCUT2D eigenvalue weighted by Gasteiger charge is 1.99. The van der Waals surface area contributed by atoms with Crippen molar-refractivity contribution < 1.29 is 4.74 Å². The summed E-state index contributed by atoms with van der Waals surface area (Å²) in [4.78, 5) is 1.27. The molecular weight excluding hydrogens is 276 g/mol. The fourth-order valence-electron chi connectivity index (χ4n) is 1.27. The number of nitrogens with one attached hydrogen (secondary N) is 2. The molecule has 3 nitrogen and oxygen atoms in total. The predicted octanol–water partition coefficient (Wildman–Crippen LogP) is 2.44. The van der Waals surface area contributed by atoms with Crippen molar-refractivity contribution in [3.05, 3.63) is 21.3 Å². The molecule has 0 aliphatic carbocycles. The van der Waals surface area contributed by atoms with Crippen molar-refractivity contribution in [3.8, 4) is 0 Å². The molecular formula is C11H17ClN2OS2. The summed E-state index contributed by atoms with van der Waals surface area (Å²) in [6.45, 7) is 2.42. The third-order valence-corrected chi connectivity index (χ3v) is 3.68. The van der Waals surface area contributed by atoms with Gasteiger partial charge in [0.05, 0.1) is 4.34 Å². The zero-order valence-corrected chi connectivity index (χ0v) is 12.2. The zero-order chi connectivity index (χ0) is 12.5. The molecule has 1 heterocycles. The Morgan fingerprint density at radius 3 is 2.82 bits per heavy atom. The van der Waals surface area contributed by atoms with Crippen LogP contribution >= 0.6 is 35.2 Å². The van der Waals surface area contributed by atoms with Crippen molar-refractivity contribution in [2.45, 2.75) is 12.8 Å². The highest BCUT2D eigenvalue weighted by molar-refractivity contribution is 7.80.